The van der Waals surface area contributed by atoms with Gasteiger partial charge in [-0.2, -0.15) is 0 Å². The number of imidazole rings is 1. The smallest absolute Gasteiger partial charge is 0.261 e. The molecule has 0 spiro atoms. The maximum atomic E-state index is 12.3. The zero-order valence-corrected chi connectivity index (χ0v) is 14.1. The number of hydrogen-bond donors (Lipinski definition) is 1. The Bertz CT molecular complexity index is 848. The van der Waals surface area contributed by atoms with Crippen LogP contribution < -0.4 is 5.32 Å². The van der Waals surface area contributed by atoms with E-state index < -0.39 is 0 Å². The van der Waals surface area contributed by atoms with Crippen LogP contribution in [0.15, 0.2) is 53.9 Å². The van der Waals surface area contributed by atoms with Crippen molar-refractivity contribution in [3.8, 4) is 0 Å². The van der Waals surface area contributed by atoms with E-state index in [2.05, 4.69) is 16.5 Å². The number of amides is 1. The Balaban J connectivity index is 1.94. The first-order chi connectivity index (χ1) is 11.1. The van der Waals surface area contributed by atoms with Crippen LogP contribution in [0.2, 0.25) is 0 Å². The van der Waals surface area contributed by atoms with Gasteiger partial charge < -0.3 is 9.88 Å². The Morgan fingerprint density at radius 3 is 2.83 bits per heavy atom. The number of nitrogens with zero attached hydrogens (tertiary/aromatic N) is 2. The van der Waals surface area contributed by atoms with Gasteiger partial charge in [-0.3, -0.25) is 4.79 Å². The van der Waals surface area contributed by atoms with E-state index in [4.69, 9.17) is 4.98 Å². The average molecular weight is 325 g/mol. The molecule has 0 aliphatic heterocycles. The summed E-state index contributed by atoms with van der Waals surface area (Å²) in [4.78, 5) is 17.7. The van der Waals surface area contributed by atoms with Gasteiger partial charge in [-0.1, -0.05) is 30.4 Å². The van der Waals surface area contributed by atoms with Crippen molar-refractivity contribution >= 4 is 28.3 Å². The Labute approximate surface area is 139 Å². The summed E-state index contributed by atoms with van der Waals surface area (Å²) in [7, 11) is 0. The van der Waals surface area contributed by atoms with Gasteiger partial charge in [-0.05, 0) is 37.4 Å². The number of hydrogen-bond acceptors (Lipinski definition) is 3. The maximum absolute atomic E-state index is 12.3. The number of carbonyl (C=O) groups is 1. The fourth-order valence-corrected chi connectivity index (χ4v) is 3.23. The highest BCUT2D eigenvalue weighted by Crippen LogP contribution is 2.22. The summed E-state index contributed by atoms with van der Waals surface area (Å²) >= 11 is 1.43. The lowest BCUT2D eigenvalue weighted by Gasteiger charge is -2.16. The minimum absolute atomic E-state index is 0.0681. The highest BCUT2D eigenvalue weighted by atomic mass is 32.1. The van der Waals surface area contributed by atoms with Gasteiger partial charge in [-0.25, -0.2) is 4.98 Å². The van der Waals surface area contributed by atoms with Gasteiger partial charge in [-0.15, -0.1) is 11.3 Å². The van der Waals surface area contributed by atoms with Crippen LogP contribution in [0.5, 0.6) is 0 Å². The third-order valence-electron chi connectivity index (χ3n) is 3.59. The SMILES string of the molecule is C=C(C)Cn1c(C(C)NC(=O)c2cccs2)nc2ccccc21. The van der Waals surface area contributed by atoms with Gasteiger partial charge in [0.25, 0.3) is 5.91 Å². The van der Waals surface area contributed by atoms with E-state index in [0.29, 0.717) is 11.4 Å². The van der Waals surface area contributed by atoms with Crippen molar-refractivity contribution in [1.82, 2.24) is 14.9 Å². The molecule has 0 fully saturated rings. The van der Waals surface area contributed by atoms with Crippen LogP contribution in [0.1, 0.15) is 35.4 Å². The number of rotatable bonds is 5. The van der Waals surface area contributed by atoms with Crippen molar-refractivity contribution in [3.05, 3.63) is 64.6 Å². The second kappa shape index (κ2) is 6.38. The molecule has 3 aromatic rings. The number of benzene rings is 1. The number of fused-ring (bicyclic) bond motifs is 1. The van der Waals surface area contributed by atoms with E-state index in [1.807, 2.05) is 55.6 Å². The molecule has 0 aliphatic rings. The van der Waals surface area contributed by atoms with Crippen LogP contribution in [0.4, 0.5) is 0 Å². The largest absolute Gasteiger partial charge is 0.342 e. The number of para-hydroxylation sites is 2. The molecule has 0 saturated carbocycles. The van der Waals surface area contributed by atoms with Crippen molar-refractivity contribution in [2.24, 2.45) is 0 Å². The predicted molar refractivity (Wildman–Crippen MR) is 94.7 cm³/mol. The lowest BCUT2D eigenvalue weighted by molar-refractivity contribution is 0.0942. The van der Waals surface area contributed by atoms with Crippen LogP contribution in [-0.4, -0.2) is 15.5 Å². The van der Waals surface area contributed by atoms with Crippen molar-refractivity contribution in [2.75, 3.05) is 0 Å². The average Bonchev–Trinajstić information content (AvgIpc) is 3.15. The topological polar surface area (TPSA) is 46.9 Å². The maximum Gasteiger partial charge on any atom is 0.261 e. The molecule has 3 rings (SSSR count). The zero-order chi connectivity index (χ0) is 16.4. The molecule has 2 aromatic heterocycles. The summed E-state index contributed by atoms with van der Waals surface area (Å²) in [5.41, 5.74) is 3.04. The quantitative estimate of drug-likeness (QED) is 0.716. The second-order valence-electron chi connectivity index (χ2n) is 5.67. The standard InChI is InChI=1S/C18H19N3OS/c1-12(2)11-21-15-8-5-4-7-14(15)20-17(21)13(3)19-18(22)16-9-6-10-23-16/h4-10,13H,1,11H2,2-3H3,(H,19,22). The highest BCUT2D eigenvalue weighted by Gasteiger charge is 2.19. The van der Waals surface area contributed by atoms with Crippen molar-refractivity contribution < 1.29 is 4.79 Å². The Morgan fingerprint density at radius 2 is 2.13 bits per heavy atom. The number of nitrogens with one attached hydrogen (secondary N) is 1. The van der Waals surface area contributed by atoms with Crippen LogP contribution in [-0.2, 0) is 6.54 Å². The lowest BCUT2D eigenvalue weighted by Crippen LogP contribution is -2.28. The molecule has 1 amide bonds. The van der Waals surface area contributed by atoms with Gasteiger partial charge in [0.05, 0.1) is 22.0 Å². The number of aromatic nitrogens is 2. The second-order valence-corrected chi connectivity index (χ2v) is 6.62. The summed E-state index contributed by atoms with van der Waals surface area (Å²) in [5.74, 6) is 0.778. The van der Waals surface area contributed by atoms with E-state index in [1.165, 1.54) is 11.3 Å². The van der Waals surface area contributed by atoms with E-state index in [0.717, 1.165) is 22.4 Å². The fourth-order valence-electron chi connectivity index (χ4n) is 2.60. The molecule has 5 heteroatoms. The molecule has 0 aliphatic carbocycles. The van der Waals surface area contributed by atoms with Gasteiger partial charge in [0.2, 0.25) is 0 Å². The number of allylic oxidation sites excluding steroid dienone is 1. The third kappa shape index (κ3) is 3.19. The Hall–Kier alpha value is -2.40. The minimum Gasteiger partial charge on any atom is -0.342 e. The molecule has 0 bridgehead atoms. The summed E-state index contributed by atoms with van der Waals surface area (Å²) < 4.78 is 2.12. The van der Waals surface area contributed by atoms with Crippen LogP contribution in [0.3, 0.4) is 0 Å². The highest BCUT2D eigenvalue weighted by molar-refractivity contribution is 7.12. The van der Waals surface area contributed by atoms with Crippen LogP contribution in [0.25, 0.3) is 11.0 Å². The normalized spacial score (nSPS) is 12.3. The van der Waals surface area contributed by atoms with E-state index in [-0.39, 0.29) is 11.9 Å². The molecule has 118 valence electrons. The van der Waals surface area contributed by atoms with E-state index in [9.17, 15) is 4.79 Å². The molecule has 1 unspecified atom stereocenters. The van der Waals surface area contributed by atoms with Gasteiger partial charge >= 0.3 is 0 Å². The van der Waals surface area contributed by atoms with Crippen molar-refractivity contribution in [1.29, 1.82) is 0 Å². The van der Waals surface area contributed by atoms with Gasteiger partial charge in [0.15, 0.2) is 0 Å². The van der Waals surface area contributed by atoms with E-state index in [1.54, 1.807) is 0 Å². The monoisotopic (exact) mass is 325 g/mol. The molecule has 1 N–H and O–H groups in total. The number of thiophene rings is 1. The molecule has 0 radical (unpaired) electrons. The van der Waals surface area contributed by atoms with E-state index >= 15 is 0 Å². The zero-order valence-electron chi connectivity index (χ0n) is 13.2. The lowest BCUT2D eigenvalue weighted by atomic mass is 10.2. The Kier molecular flexibility index (Phi) is 4.30. The van der Waals surface area contributed by atoms with Crippen LogP contribution in [0, 0.1) is 0 Å². The third-order valence-corrected chi connectivity index (χ3v) is 4.46. The first kappa shape index (κ1) is 15.5. The predicted octanol–water partition coefficient (Wildman–Crippen LogP) is 4.16. The molecule has 4 nitrogen and oxygen atoms in total. The first-order valence-corrected chi connectivity index (χ1v) is 8.38. The summed E-state index contributed by atoms with van der Waals surface area (Å²) in [6, 6.07) is 11.5. The van der Waals surface area contributed by atoms with Gasteiger partial charge in [0.1, 0.15) is 5.82 Å². The summed E-state index contributed by atoms with van der Waals surface area (Å²) in [6.07, 6.45) is 0. The van der Waals surface area contributed by atoms with Gasteiger partial charge in [0, 0.05) is 6.54 Å². The van der Waals surface area contributed by atoms with Crippen molar-refractivity contribution in [2.45, 2.75) is 26.4 Å². The fraction of sp³-hybridized carbons (Fsp3) is 0.222. The first-order valence-electron chi connectivity index (χ1n) is 7.50. The molecule has 0 saturated heterocycles. The summed E-state index contributed by atoms with van der Waals surface area (Å²) in [5, 5.41) is 4.93. The Morgan fingerprint density at radius 1 is 1.35 bits per heavy atom. The minimum atomic E-state index is -0.184. The molecule has 2 heterocycles. The molecular weight excluding hydrogens is 306 g/mol. The molecule has 1 aromatic carbocycles. The molecule has 1 atom stereocenters. The molecule has 23 heavy (non-hydrogen) atoms. The number of carbonyl (C=O) groups excluding carboxylic acids is 1. The summed E-state index contributed by atoms with van der Waals surface area (Å²) in [6.45, 7) is 8.65. The van der Waals surface area contributed by atoms with Crippen molar-refractivity contribution in [3.63, 3.8) is 0 Å². The molecular formula is C18H19N3OS. The van der Waals surface area contributed by atoms with Crippen LogP contribution >= 0.6 is 11.3 Å².